The zero-order valence-corrected chi connectivity index (χ0v) is 12.5. The monoisotopic (exact) mass is 307 g/mol. The topological polar surface area (TPSA) is 51.8 Å². The van der Waals surface area contributed by atoms with Crippen LogP contribution in [0.1, 0.15) is 11.3 Å². The minimum atomic E-state index is 0.250. The summed E-state index contributed by atoms with van der Waals surface area (Å²) in [6, 6.07) is 19.4. The Morgan fingerprint density at radius 1 is 0.864 bits per heavy atom. The second-order valence-corrected chi connectivity index (χ2v) is 5.22. The van der Waals surface area contributed by atoms with E-state index in [0.29, 0.717) is 5.02 Å². The lowest BCUT2D eigenvalue weighted by Gasteiger charge is -2.04. The average Bonchev–Trinajstić information content (AvgIpc) is 2.54. The number of aromatic nitrogens is 2. The quantitative estimate of drug-likeness (QED) is 0.772. The van der Waals surface area contributed by atoms with E-state index in [1.54, 1.807) is 0 Å². The molecule has 0 amide bonds. The summed E-state index contributed by atoms with van der Waals surface area (Å²) in [5, 5.41) is 0.690. The van der Waals surface area contributed by atoms with E-state index in [4.69, 9.17) is 17.3 Å². The minimum absolute atomic E-state index is 0.250. The van der Waals surface area contributed by atoms with Gasteiger partial charge in [-0.2, -0.15) is 0 Å². The standard InChI is InChI=1S/C18H14ClN3/c19-15-9-7-14(8-10-15)17-12-16(21-18(20)22-17)11-6-13-4-2-1-3-5-13/h1-12H,(H2,20,21,22). The number of nitrogens with two attached hydrogens (primary N) is 1. The first kappa shape index (κ1) is 14.3. The Bertz CT molecular complexity index is 796. The summed E-state index contributed by atoms with van der Waals surface area (Å²) in [7, 11) is 0. The van der Waals surface area contributed by atoms with Crippen molar-refractivity contribution in [2.45, 2.75) is 0 Å². The SMILES string of the molecule is Nc1nc(C=Cc2ccccc2)cc(-c2ccc(Cl)cc2)n1. The number of nitrogens with zero attached hydrogens (tertiary/aromatic N) is 2. The molecule has 0 aliphatic rings. The van der Waals surface area contributed by atoms with E-state index >= 15 is 0 Å². The highest BCUT2D eigenvalue weighted by Gasteiger charge is 2.03. The van der Waals surface area contributed by atoms with Crippen molar-refractivity contribution >= 4 is 29.7 Å². The summed E-state index contributed by atoms with van der Waals surface area (Å²) in [5.74, 6) is 0.250. The van der Waals surface area contributed by atoms with E-state index in [2.05, 4.69) is 9.97 Å². The van der Waals surface area contributed by atoms with Crippen LogP contribution >= 0.6 is 11.6 Å². The highest BCUT2D eigenvalue weighted by molar-refractivity contribution is 6.30. The molecule has 1 aromatic heterocycles. The molecule has 0 fully saturated rings. The third kappa shape index (κ3) is 3.51. The van der Waals surface area contributed by atoms with Gasteiger partial charge in [-0.1, -0.05) is 60.1 Å². The second-order valence-electron chi connectivity index (χ2n) is 4.79. The second kappa shape index (κ2) is 6.41. The lowest BCUT2D eigenvalue weighted by Crippen LogP contribution is -1.98. The molecule has 0 aliphatic carbocycles. The Kier molecular flexibility index (Phi) is 4.17. The number of nitrogen functional groups attached to an aromatic ring is 1. The molecule has 0 unspecified atom stereocenters. The molecule has 2 N–H and O–H groups in total. The van der Waals surface area contributed by atoms with Crippen molar-refractivity contribution < 1.29 is 0 Å². The summed E-state index contributed by atoms with van der Waals surface area (Å²) in [4.78, 5) is 8.52. The van der Waals surface area contributed by atoms with Gasteiger partial charge in [0.2, 0.25) is 5.95 Å². The smallest absolute Gasteiger partial charge is 0.221 e. The molecule has 0 atom stereocenters. The lowest BCUT2D eigenvalue weighted by atomic mass is 10.1. The zero-order chi connectivity index (χ0) is 15.4. The van der Waals surface area contributed by atoms with Crippen LogP contribution < -0.4 is 5.73 Å². The van der Waals surface area contributed by atoms with Gasteiger partial charge in [0.1, 0.15) is 0 Å². The van der Waals surface area contributed by atoms with Crippen molar-refractivity contribution in [3.8, 4) is 11.3 Å². The van der Waals surface area contributed by atoms with Gasteiger partial charge in [-0.25, -0.2) is 9.97 Å². The predicted molar refractivity (Wildman–Crippen MR) is 92.3 cm³/mol. The van der Waals surface area contributed by atoms with Gasteiger partial charge in [0.05, 0.1) is 11.4 Å². The van der Waals surface area contributed by atoms with Crippen molar-refractivity contribution in [2.24, 2.45) is 0 Å². The lowest BCUT2D eigenvalue weighted by molar-refractivity contribution is 1.17. The summed E-state index contributed by atoms with van der Waals surface area (Å²) in [5.41, 5.74) is 9.41. The Labute approximate surface area is 134 Å². The molecule has 1 heterocycles. The fourth-order valence-corrected chi connectivity index (χ4v) is 2.21. The van der Waals surface area contributed by atoms with Crippen LogP contribution in [0.3, 0.4) is 0 Å². The maximum Gasteiger partial charge on any atom is 0.221 e. The summed E-state index contributed by atoms with van der Waals surface area (Å²) < 4.78 is 0. The van der Waals surface area contributed by atoms with Gasteiger partial charge >= 0.3 is 0 Å². The van der Waals surface area contributed by atoms with Gasteiger partial charge in [-0.3, -0.25) is 0 Å². The number of anilines is 1. The molecule has 3 nitrogen and oxygen atoms in total. The number of benzene rings is 2. The van der Waals surface area contributed by atoms with Crippen molar-refractivity contribution in [2.75, 3.05) is 5.73 Å². The predicted octanol–water partition coefficient (Wildman–Crippen LogP) is 4.55. The highest BCUT2D eigenvalue weighted by Crippen LogP contribution is 2.21. The summed E-state index contributed by atoms with van der Waals surface area (Å²) in [6.45, 7) is 0. The first-order chi connectivity index (χ1) is 10.7. The van der Waals surface area contributed by atoms with Crippen LogP contribution in [0.2, 0.25) is 5.02 Å². The van der Waals surface area contributed by atoms with Crippen molar-refractivity contribution in [1.29, 1.82) is 0 Å². The molecule has 0 bridgehead atoms. The van der Waals surface area contributed by atoms with Crippen LogP contribution in [-0.2, 0) is 0 Å². The van der Waals surface area contributed by atoms with Crippen LogP contribution in [0.5, 0.6) is 0 Å². The molecular formula is C18H14ClN3. The third-order valence-electron chi connectivity index (χ3n) is 3.15. The van der Waals surface area contributed by atoms with E-state index in [-0.39, 0.29) is 5.95 Å². The first-order valence-corrected chi connectivity index (χ1v) is 7.22. The van der Waals surface area contributed by atoms with Crippen LogP contribution in [0.4, 0.5) is 5.95 Å². The molecule has 0 radical (unpaired) electrons. The van der Waals surface area contributed by atoms with E-state index in [1.807, 2.05) is 72.8 Å². The molecular weight excluding hydrogens is 294 g/mol. The largest absolute Gasteiger partial charge is 0.368 e. The molecule has 108 valence electrons. The molecule has 2 aromatic carbocycles. The normalized spacial score (nSPS) is 11.0. The molecule has 0 saturated heterocycles. The average molecular weight is 308 g/mol. The number of halogens is 1. The molecule has 0 aliphatic heterocycles. The van der Waals surface area contributed by atoms with E-state index in [1.165, 1.54) is 0 Å². The third-order valence-corrected chi connectivity index (χ3v) is 3.40. The van der Waals surface area contributed by atoms with Gasteiger partial charge in [-0.05, 0) is 29.8 Å². The minimum Gasteiger partial charge on any atom is -0.368 e. The first-order valence-electron chi connectivity index (χ1n) is 6.84. The number of rotatable bonds is 3. The maximum absolute atomic E-state index is 5.91. The molecule has 0 spiro atoms. The number of hydrogen-bond donors (Lipinski definition) is 1. The molecule has 0 saturated carbocycles. The van der Waals surface area contributed by atoms with Crippen molar-refractivity contribution in [3.63, 3.8) is 0 Å². The van der Waals surface area contributed by atoms with Gasteiger partial charge in [0.25, 0.3) is 0 Å². The molecule has 3 aromatic rings. The van der Waals surface area contributed by atoms with E-state index in [9.17, 15) is 0 Å². The van der Waals surface area contributed by atoms with Gasteiger partial charge in [-0.15, -0.1) is 0 Å². The van der Waals surface area contributed by atoms with Crippen LogP contribution in [-0.4, -0.2) is 9.97 Å². The Hall–Kier alpha value is -2.65. The fraction of sp³-hybridized carbons (Fsp3) is 0. The van der Waals surface area contributed by atoms with Crippen LogP contribution in [0.15, 0.2) is 60.7 Å². The summed E-state index contributed by atoms with van der Waals surface area (Å²) >= 11 is 5.91. The Balaban J connectivity index is 1.93. The van der Waals surface area contributed by atoms with Crippen LogP contribution in [0, 0.1) is 0 Å². The molecule has 3 rings (SSSR count). The van der Waals surface area contributed by atoms with Crippen LogP contribution in [0.25, 0.3) is 23.4 Å². The maximum atomic E-state index is 5.91. The van der Waals surface area contributed by atoms with Crippen molar-refractivity contribution in [1.82, 2.24) is 9.97 Å². The van der Waals surface area contributed by atoms with Gasteiger partial charge in [0, 0.05) is 10.6 Å². The molecule has 22 heavy (non-hydrogen) atoms. The fourth-order valence-electron chi connectivity index (χ4n) is 2.08. The zero-order valence-electron chi connectivity index (χ0n) is 11.8. The van der Waals surface area contributed by atoms with E-state index < -0.39 is 0 Å². The number of hydrogen-bond acceptors (Lipinski definition) is 3. The Morgan fingerprint density at radius 3 is 2.32 bits per heavy atom. The highest BCUT2D eigenvalue weighted by atomic mass is 35.5. The van der Waals surface area contributed by atoms with E-state index in [0.717, 1.165) is 22.5 Å². The summed E-state index contributed by atoms with van der Waals surface area (Å²) in [6.07, 6.45) is 3.92. The van der Waals surface area contributed by atoms with Crippen molar-refractivity contribution in [3.05, 3.63) is 76.9 Å². The van der Waals surface area contributed by atoms with Gasteiger partial charge in [0.15, 0.2) is 0 Å². The Morgan fingerprint density at radius 2 is 1.59 bits per heavy atom. The molecule has 4 heteroatoms. The van der Waals surface area contributed by atoms with Gasteiger partial charge < -0.3 is 5.73 Å².